The minimum atomic E-state index is -0.291. The van der Waals surface area contributed by atoms with E-state index in [4.69, 9.17) is 15.5 Å². The highest BCUT2D eigenvalue weighted by atomic mass is 16.6. The molecule has 1 fully saturated rings. The van der Waals surface area contributed by atoms with Gasteiger partial charge in [-0.15, -0.1) is 0 Å². The van der Waals surface area contributed by atoms with Gasteiger partial charge in [-0.3, -0.25) is 0 Å². The lowest BCUT2D eigenvalue weighted by molar-refractivity contribution is -0.0768. The Bertz CT molecular complexity index is 249. The minimum Gasteiger partial charge on any atom is -0.396 e. The summed E-state index contributed by atoms with van der Waals surface area (Å²) in [4.78, 5) is 4.72. The van der Waals surface area contributed by atoms with E-state index in [1.54, 1.807) is 7.11 Å². The Labute approximate surface area is 109 Å². The predicted molar refractivity (Wildman–Crippen MR) is 68.7 cm³/mol. The number of ether oxygens (including phenoxy) is 1. The van der Waals surface area contributed by atoms with Crippen LogP contribution in [0.15, 0.2) is 0 Å². The van der Waals surface area contributed by atoms with E-state index in [1.165, 1.54) is 0 Å². The maximum Gasteiger partial charge on any atom is 0.0761 e. The number of hydrogen-bond acceptors (Lipinski definition) is 5. The van der Waals surface area contributed by atoms with Gasteiger partial charge in [0.05, 0.1) is 25.9 Å². The van der Waals surface area contributed by atoms with E-state index >= 15 is 0 Å². The van der Waals surface area contributed by atoms with Crippen LogP contribution in [0, 0.1) is 16.7 Å². The Balaban J connectivity index is 2.85. The van der Waals surface area contributed by atoms with Crippen molar-refractivity contribution >= 4 is 0 Å². The summed E-state index contributed by atoms with van der Waals surface area (Å²) in [6.45, 7) is 4.61. The second-order valence-corrected chi connectivity index (χ2v) is 5.53. The second kappa shape index (κ2) is 6.30. The lowest BCUT2D eigenvalue weighted by Gasteiger charge is -2.38. The SMILES string of the molecule is CCC(CC)(CO)C(OC)C1CC1(CO)CON. The first-order valence-electron chi connectivity index (χ1n) is 6.66. The largest absolute Gasteiger partial charge is 0.396 e. The van der Waals surface area contributed by atoms with Crippen LogP contribution in [0.2, 0.25) is 0 Å². The van der Waals surface area contributed by atoms with Gasteiger partial charge in [-0.2, -0.15) is 0 Å². The van der Waals surface area contributed by atoms with E-state index in [9.17, 15) is 10.2 Å². The molecule has 1 aliphatic rings. The fourth-order valence-corrected chi connectivity index (χ4v) is 3.17. The molecular formula is C13H27NO4. The summed E-state index contributed by atoms with van der Waals surface area (Å²) in [5.74, 6) is 5.34. The van der Waals surface area contributed by atoms with Gasteiger partial charge in [0.25, 0.3) is 0 Å². The molecule has 1 aliphatic carbocycles. The standard InChI is InChI=1S/C13H27NO4/c1-4-12(5-2,7-15)11(17-3)10-6-13(10,8-16)9-18-14/h10-11,15-16H,4-9,14H2,1-3H3. The average molecular weight is 261 g/mol. The van der Waals surface area contributed by atoms with Gasteiger partial charge in [0.15, 0.2) is 0 Å². The maximum absolute atomic E-state index is 9.73. The third-order valence-corrected chi connectivity index (χ3v) is 4.88. The molecule has 0 aromatic rings. The summed E-state index contributed by atoms with van der Waals surface area (Å²) in [5.41, 5.74) is -0.537. The first kappa shape index (κ1) is 15.9. The van der Waals surface area contributed by atoms with Crippen molar-refractivity contribution in [2.45, 2.75) is 39.2 Å². The third-order valence-electron chi connectivity index (χ3n) is 4.88. The number of methoxy groups -OCH3 is 1. The van der Waals surface area contributed by atoms with Crippen LogP contribution in [0.1, 0.15) is 33.1 Å². The molecule has 18 heavy (non-hydrogen) atoms. The molecule has 0 saturated heterocycles. The van der Waals surface area contributed by atoms with Crippen molar-refractivity contribution in [3.05, 3.63) is 0 Å². The van der Waals surface area contributed by atoms with E-state index < -0.39 is 0 Å². The number of nitrogens with two attached hydrogens (primary N) is 1. The zero-order valence-corrected chi connectivity index (χ0v) is 11.7. The summed E-state index contributed by atoms with van der Waals surface area (Å²) in [5, 5.41) is 19.3. The number of hydrogen-bond donors (Lipinski definition) is 3. The molecule has 1 rings (SSSR count). The van der Waals surface area contributed by atoms with Gasteiger partial charge in [0, 0.05) is 17.9 Å². The monoisotopic (exact) mass is 261 g/mol. The highest BCUT2D eigenvalue weighted by Crippen LogP contribution is 2.58. The Kier molecular flexibility index (Phi) is 5.55. The Morgan fingerprint density at radius 1 is 1.39 bits per heavy atom. The number of aliphatic hydroxyl groups excluding tert-OH is 2. The zero-order valence-electron chi connectivity index (χ0n) is 11.7. The quantitative estimate of drug-likeness (QED) is 0.532. The molecule has 1 saturated carbocycles. The van der Waals surface area contributed by atoms with Crippen molar-refractivity contribution < 1.29 is 19.8 Å². The fourth-order valence-electron chi connectivity index (χ4n) is 3.17. The van der Waals surface area contributed by atoms with Crippen molar-refractivity contribution in [3.63, 3.8) is 0 Å². The smallest absolute Gasteiger partial charge is 0.0761 e. The minimum absolute atomic E-state index is 0.0453. The van der Waals surface area contributed by atoms with E-state index in [0.29, 0.717) is 6.61 Å². The normalized spacial score (nSPS) is 29.3. The summed E-state index contributed by atoms with van der Waals surface area (Å²) in [7, 11) is 1.67. The molecule has 0 aromatic heterocycles. The molecule has 108 valence electrons. The van der Waals surface area contributed by atoms with Gasteiger partial charge in [-0.25, -0.2) is 5.90 Å². The highest BCUT2D eigenvalue weighted by molar-refractivity contribution is 5.09. The molecule has 3 atom stereocenters. The van der Waals surface area contributed by atoms with Crippen molar-refractivity contribution in [2.24, 2.45) is 22.6 Å². The summed E-state index contributed by atoms with van der Waals surface area (Å²) >= 11 is 0. The highest BCUT2D eigenvalue weighted by Gasteiger charge is 2.61. The second-order valence-electron chi connectivity index (χ2n) is 5.53. The molecule has 0 aliphatic heterocycles. The molecule has 5 nitrogen and oxygen atoms in total. The van der Waals surface area contributed by atoms with E-state index in [2.05, 4.69) is 13.8 Å². The molecular weight excluding hydrogens is 234 g/mol. The van der Waals surface area contributed by atoms with Gasteiger partial charge in [-0.1, -0.05) is 13.8 Å². The van der Waals surface area contributed by atoms with Gasteiger partial charge in [-0.05, 0) is 25.2 Å². The van der Waals surface area contributed by atoms with Crippen molar-refractivity contribution in [1.82, 2.24) is 0 Å². The van der Waals surface area contributed by atoms with Crippen LogP contribution >= 0.6 is 0 Å². The van der Waals surface area contributed by atoms with E-state index in [0.717, 1.165) is 19.3 Å². The Hall–Kier alpha value is -0.200. The maximum atomic E-state index is 9.73. The lowest BCUT2D eigenvalue weighted by atomic mass is 9.74. The van der Waals surface area contributed by atoms with Crippen molar-refractivity contribution in [3.8, 4) is 0 Å². The summed E-state index contributed by atoms with van der Waals surface area (Å²) in [6, 6.07) is 0. The van der Waals surface area contributed by atoms with Crippen LogP contribution in [0.25, 0.3) is 0 Å². The van der Waals surface area contributed by atoms with Crippen LogP contribution in [0.3, 0.4) is 0 Å². The zero-order chi connectivity index (χ0) is 13.8. The van der Waals surface area contributed by atoms with Gasteiger partial charge in [0.2, 0.25) is 0 Å². The van der Waals surface area contributed by atoms with Crippen LogP contribution in [-0.4, -0.2) is 43.2 Å². The van der Waals surface area contributed by atoms with Gasteiger partial charge < -0.3 is 19.8 Å². The van der Waals surface area contributed by atoms with Crippen LogP contribution in [-0.2, 0) is 9.57 Å². The Morgan fingerprint density at radius 2 is 2.00 bits per heavy atom. The molecule has 0 spiro atoms. The predicted octanol–water partition coefficient (Wildman–Crippen LogP) is 0.689. The molecule has 3 unspecified atom stereocenters. The molecule has 4 N–H and O–H groups in total. The first-order chi connectivity index (χ1) is 8.59. The molecule has 5 heteroatoms. The van der Waals surface area contributed by atoms with Gasteiger partial charge in [0.1, 0.15) is 0 Å². The first-order valence-corrected chi connectivity index (χ1v) is 6.66. The van der Waals surface area contributed by atoms with E-state index in [-0.39, 0.29) is 36.1 Å². The molecule has 0 bridgehead atoms. The van der Waals surface area contributed by atoms with Crippen molar-refractivity contribution in [1.29, 1.82) is 0 Å². The third kappa shape index (κ3) is 2.56. The van der Waals surface area contributed by atoms with Crippen LogP contribution in [0.4, 0.5) is 0 Å². The molecule has 0 amide bonds. The molecule has 0 heterocycles. The molecule has 0 aromatic carbocycles. The summed E-state index contributed by atoms with van der Waals surface area (Å²) in [6.07, 6.45) is 2.46. The lowest BCUT2D eigenvalue weighted by Crippen LogP contribution is -2.42. The van der Waals surface area contributed by atoms with E-state index in [1.807, 2.05) is 0 Å². The van der Waals surface area contributed by atoms with Crippen LogP contribution in [0.5, 0.6) is 0 Å². The fraction of sp³-hybridized carbons (Fsp3) is 1.00. The molecule has 0 radical (unpaired) electrons. The van der Waals surface area contributed by atoms with Gasteiger partial charge >= 0.3 is 0 Å². The number of rotatable bonds is 9. The summed E-state index contributed by atoms with van der Waals surface area (Å²) < 4.78 is 5.65. The Morgan fingerprint density at radius 3 is 2.33 bits per heavy atom. The average Bonchev–Trinajstić information content (AvgIpc) is 3.11. The van der Waals surface area contributed by atoms with Crippen LogP contribution < -0.4 is 5.90 Å². The number of aliphatic hydroxyl groups is 2. The van der Waals surface area contributed by atoms with Crippen molar-refractivity contribution in [2.75, 3.05) is 26.9 Å². The topological polar surface area (TPSA) is 84.9 Å².